The van der Waals surface area contributed by atoms with Gasteiger partial charge >= 0.3 is 6.11 Å². The molecule has 9 heteroatoms. The second-order valence-electron chi connectivity index (χ2n) is 8.55. The van der Waals surface area contributed by atoms with Crippen LogP contribution in [0.2, 0.25) is 0 Å². The molecule has 3 fully saturated rings. The third-order valence-corrected chi connectivity index (χ3v) is 7.33. The molecule has 3 rings (SSSR count). The molecule has 0 aliphatic heterocycles. The highest BCUT2D eigenvalue weighted by molar-refractivity contribution is 9.09. The maximum atomic E-state index is 14.5. The van der Waals surface area contributed by atoms with Crippen molar-refractivity contribution in [2.45, 2.75) is 99.3 Å². The van der Waals surface area contributed by atoms with Crippen LogP contribution in [0, 0.1) is 17.8 Å². The molecule has 1 nitrogen and oxygen atoms in total. The second kappa shape index (κ2) is 8.98. The van der Waals surface area contributed by atoms with Crippen molar-refractivity contribution < 1.29 is 35.5 Å². The van der Waals surface area contributed by atoms with Gasteiger partial charge in [0.25, 0.3) is 0 Å². The summed E-state index contributed by atoms with van der Waals surface area (Å²) in [4.78, 5) is -0.474. The number of hydrogen-bond donors (Lipinski definition) is 0. The lowest BCUT2D eigenvalue weighted by Gasteiger charge is -2.41. The fourth-order valence-electron chi connectivity index (χ4n) is 5.05. The van der Waals surface area contributed by atoms with E-state index in [9.17, 15) is 30.7 Å². The van der Waals surface area contributed by atoms with Crippen LogP contribution in [0.3, 0.4) is 0 Å². The molecule has 0 amide bonds. The van der Waals surface area contributed by atoms with Gasteiger partial charge in [-0.15, -0.1) is 0 Å². The Labute approximate surface area is 168 Å². The molecule has 3 aliphatic rings. The highest BCUT2D eigenvalue weighted by Crippen LogP contribution is 2.46. The summed E-state index contributed by atoms with van der Waals surface area (Å²) in [5, 5.41) is 0. The van der Waals surface area contributed by atoms with Crippen LogP contribution in [0.5, 0.6) is 0 Å². The number of alkyl halides is 8. The molecular formula is C19H26BrF7O. The van der Waals surface area contributed by atoms with Crippen LogP contribution < -0.4 is 0 Å². The van der Waals surface area contributed by atoms with Crippen LogP contribution in [0.1, 0.15) is 51.4 Å². The summed E-state index contributed by atoms with van der Waals surface area (Å²) in [5.41, 5.74) is 0. The first-order chi connectivity index (χ1) is 13.1. The Balaban J connectivity index is 1.52. The first-order valence-electron chi connectivity index (χ1n) is 9.98. The van der Waals surface area contributed by atoms with Gasteiger partial charge in [0.1, 0.15) is 30.6 Å². The van der Waals surface area contributed by atoms with Crippen molar-refractivity contribution in [3.63, 3.8) is 0 Å². The predicted octanol–water partition coefficient (Wildman–Crippen LogP) is 6.43. The van der Waals surface area contributed by atoms with E-state index in [0.717, 1.165) is 0 Å². The maximum absolute atomic E-state index is 14.5. The Hall–Kier alpha value is -0.0500. The van der Waals surface area contributed by atoms with Gasteiger partial charge < -0.3 is 4.74 Å². The smallest absolute Gasteiger partial charge is 0.317 e. The Morgan fingerprint density at radius 1 is 0.679 bits per heavy atom. The van der Waals surface area contributed by atoms with Gasteiger partial charge in [-0.25, -0.2) is 22.0 Å². The van der Waals surface area contributed by atoms with Crippen LogP contribution in [-0.2, 0) is 4.74 Å². The van der Waals surface area contributed by atoms with E-state index in [1.165, 1.54) is 0 Å². The minimum absolute atomic E-state index is 0.0587. The van der Waals surface area contributed by atoms with Crippen LogP contribution in [-0.4, -0.2) is 47.9 Å². The van der Waals surface area contributed by atoms with Gasteiger partial charge in [0.2, 0.25) is 0 Å². The topological polar surface area (TPSA) is 9.23 Å². The summed E-state index contributed by atoms with van der Waals surface area (Å²) in [6, 6.07) is 0. The van der Waals surface area contributed by atoms with Gasteiger partial charge in [-0.05, 0) is 63.2 Å². The van der Waals surface area contributed by atoms with Crippen molar-refractivity contribution in [1.29, 1.82) is 0 Å². The average molecular weight is 483 g/mol. The molecule has 3 aliphatic carbocycles. The van der Waals surface area contributed by atoms with Crippen LogP contribution >= 0.6 is 15.9 Å². The molecule has 28 heavy (non-hydrogen) atoms. The van der Waals surface area contributed by atoms with Crippen molar-refractivity contribution in [3.05, 3.63) is 0 Å². The third kappa shape index (κ3) is 4.98. The van der Waals surface area contributed by atoms with E-state index in [1.54, 1.807) is 0 Å². The van der Waals surface area contributed by atoms with Crippen molar-refractivity contribution in [3.8, 4) is 0 Å². The lowest BCUT2D eigenvalue weighted by Crippen LogP contribution is -2.50. The van der Waals surface area contributed by atoms with Crippen molar-refractivity contribution in [2.75, 3.05) is 0 Å². The highest BCUT2D eigenvalue weighted by atomic mass is 79.9. The average Bonchev–Trinajstić information content (AvgIpc) is 2.58. The van der Waals surface area contributed by atoms with E-state index in [1.807, 2.05) is 0 Å². The zero-order valence-electron chi connectivity index (χ0n) is 15.4. The Morgan fingerprint density at radius 3 is 1.68 bits per heavy atom. The van der Waals surface area contributed by atoms with E-state index in [0.29, 0.717) is 12.8 Å². The molecule has 0 aromatic rings. The lowest BCUT2D eigenvalue weighted by molar-refractivity contribution is -0.317. The number of rotatable bonds is 4. The molecule has 0 saturated heterocycles. The van der Waals surface area contributed by atoms with Gasteiger partial charge in [0.05, 0.1) is 6.10 Å². The van der Waals surface area contributed by atoms with E-state index >= 15 is 0 Å². The fraction of sp³-hybridized carbons (Fsp3) is 1.00. The molecule has 0 radical (unpaired) electrons. The number of hydrogen-bond acceptors (Lipinski definition) is 1. The molecule has 4 atom stereocenters. The molecule has 164 valence electrons. The standard InChI is InChI=1S/C19H26BrF7O/c20-11-7-13(21)17(14(22)8-11)19(26,27)28-12-3-1-9(2-4-12)10-5-15(23)18(25)16(24)6-10/h9-18H,1-8H2. The summed E-state index contributed by atoms with van der Waals surface area (Å²) in [5.74, 6) is -2.53. The molecule has 0 spiro atoms. The van der Waals surface area contributed by atoms with Gasteiger partial charge in [0.15, 0.2) is 6.17 Å². The molecule has 0 aromatic heterocycles. The molecule has 0 aromatic carbocycles. The summed E-state index contributed by atoms with van der Waals surface area (Å²) in [6.07, 6.45) is -13.7. The minimum atomic E-state index is -3.91. The molecule has 0 N–H and O–H groups in total. The van der Waals surface area contributed by atoms with Crippen LogP contribution in [0.4, 0.5) is 30.7 Å². The molecule has 0 heterocycles. The summed E-state index contributed by atoms with van der Waals surface area (Å²) in [6.45, 7) is 0. The molecule has 4 unspecified atom stereocenters. The highest BCUT2D eigenvalue weighted by Gasteiger charge is 2.55. The zero-order valence-corrected chi connectivity index (χ0v) is 16.9. The number of ether oxygens (including phenoxy) is 1. The van der Waals surface area contributed by atoms with Crippen molar-refractivity contribution >= 4 is 15.9 Å². The minimum Gasteiger partial charge on any atom is -0.317 e. The summed E-state index contributed by atoms with van der Waals surface area (Å²) in [7, 11) is 0. The van der Waals surface area contributed by atoms with Crippen molar-refractivity contribution in [2.24, 2.45) is 17.8 Å². The van der Waals surface area contributed by atoms with E-state index in [4.69, 9.17) is 4.74 Å². The molecular weight excluding hydrogens is 457 g/mol. The molecule has 0 bridgehead atoms. The quantitative estimate of drug-likeness (QED) is 0.331. The SMILES string of the molecule is FC1CC(C2CCC(OC(F)(F)C3C(F)CC(Br)CC3F)CC2)CC(F)C1F. The van der Waals surface area contributed by atoms with E-state index in [-0.39, 0.29) is 50.4 Å². The second-order valence-corrected chi connectivity index (χ2v) is 9.85. The zero-order chi connectivity index (χ0) is 20.6. The lowest BCUT2D eigenvalue weighted by atomic mass is 9.71. The summed E-state index contributed by atoms with van der Waals surface area (Å²) < 4.78 is 102. The van der Waals surface area contributed by atoms with Crippen LogP contribution in [0.15, 0.2) is 0 Å². The first kappa shape index (κ1) is 22.6. The molecule has 3 saturated carbocycles. The fourth-order valence-corrected chi connectivity index (χ4v) is 5.76. The predicted molar refractivity (Wildman–Crippen MR) is 94.4 cm³/mol. The van der Waals surface area contributed by atoms with Gasteiger partial charge in [-0.2, -0.15) is 8.78 Å². The number of halogens is 8. The first-order valence-corrected chi connectivity index (χ1v) is 10.9. The van der Waals surface area contributed by atoms with Gasteiger partial charge in [-0.3, -0.25) is 0 Å². The maximum Gasteiger partial charge on any atom is 0.364 e. The van der Waals surface area contributed by atoms with Gasteiger partial charge in [0, 0.05) is 4.83 Å². The van der Waals surface area contributed by atoms with Crippen LogP contribution in [0.25, 0.3) is 0 Å². The van der Waals surface area contributed by atoms with Gasteiger partial charge in [-0.1, -0.05) is 15.9 Å². The normalized spacial score (nSPS) is 48.4. The van der Waals surface area contributed by atoms with E-state index < -0.39 is 53.8 Å². The Morgan fingerprint density at radius 2 is 1.18 bits per heavy atom. The van der Waals surface area contributed by atoms with E-state index in [2.05, 4.69) is 15.9 Å². The third-order valence-electron chi connectivity index (χ3n) is 6.59. The summed E-state index contributed by atoms with van der Waals surface area (Å²) >= 11 is 3.08. The van der Waals surface area contributed by atoms with Crippen molar-refractivity contribution in [1.82, 2.24) is 0 Å². The monoisotopic (exact) mass is 482 g/mol. The largest absolute Gasteiger partial charge is 0.364 e. The Kier molecular flexibility index (Phi) is 7.26. The Bertz CT molecular complexity index is 493.